The van der Waals surface area contributed by atoms with Gasteiger partial charge in [-0.25, -0.2) is 0 Å². The number of unbranched alkanes of at least 4 members (excludes halogenated alkanes) is 3. The lowest BCUT2D eigenvalue weighted by Crippen LogP contribution is -2.61. The molecule has 0 saturated heterocycles. The molecule has 330 valence electrons. The van der Waals surface area contributed by atoms with E-state index in [0.29, 0.717) is 12.5 Å². The highest BCUT2D eigenvalue weighted by molar-refractivity contribution is 9.11. The van der Waals surface area contributed by atoms with E-state index in [0.717, 1.165) is 52.7 Å². The average molecular weight is 971 g/mol. The second-order valence-electron chi connectivity index (χ2n) is 21.3. The van der Waals surface area contributed by atoms with Crippen molar-refractivity contribution in [2.75, 3.05) is 6.61 Å². The Morgan fingerprint density at radius 3 is 1.66 bits per heavy atom. The lowest BCUT2D eigenvalue weighted by atomic mass is 9.59. The van der Waals surface area contributed by atoms with Crippen LogP contribution in [0, 0.1) is 11.3 Å². The molecule has 59 heavy (non-hydrogen) atoms. The third kappa shape index (κ3) is 13.9. The predicted molar refractivity (Wildman–Crippen MR) is 270 cm³/mol. The summed E-state index contributed by atoms with van der Waals surface area (Å²) < 4.78 is 22.9. The molecular formula is C52H82Br2O3Si2. The van der Waals surface area contributed by atoms with Gasteiger partial charge in [0.25, 0.3) is 0 Å². The normalized spacial score (nSPS) is 18.3. The number of hydrogen-bond donors (Lipinski definition) is 0. The molecule has 1 fully saturated rings. The summed E-state index contributed by atoms with van der Waals surface area (Å²) in [5.41, 5.74) is 6.93. The molecule has 4 rings (SSSR count). The van der Waals surface area contributed by atoms with E-state index >= 15 is 0 Å². The van der Waals surface area contributed by atoms with Crippen molar-refractivity contribution < 1.29 is 13.6 Å². The minimum atomic E-state index is -0.807. The van der Waals surface area contributed by atoms with Gasteiger partial charge in [-0.15, -0.1) is 0 Å². The van der Waals surface area contributed by atoms with Gasteiger partial charge in [0.15, 0.2) is 19.5 Å². The summed E-state index contributed by atoms with van der Waals surface area (Å²) in [6, 6.07) is 21.0. The minimum absolute atomic E-state index is 0.197. The molecule has 0 bridgehead atoms. The van der Waals surface area contributed by atoms with Crippen LogP contribution in [0.1, 0.15) is 184 Å². The Kier molecular flexibility index (Phi) is 18.7. The van der Waals surface area contributed by atoms with Crippen LogP contribution < -0.4 is 4.74 Å². The van der Waals surface area contributed by atoms with Gasteiger partial charge in [-0.2, -0.15) is 0 Å². The molecule has 1 aliphatic carbocycles. The number of halogens is 2. The van der Waals surface area contributed by atoms with E-state index in [4.69, 9.17) is 13.6 Å². The van der Waals surface area contributed by atoms with Crippen molar-refractivity contribution in [2.24, 2.45) is 11.3 Å². The zero-order valence-corrected chi connectivity index (χ0v) is 45.6. The maximum absolute atomic E-state index is 7.09. The van der Waals surface area contributed by atoms with Crippen molar-refractivity contribution in [1.29, 1.82) is 0 Å². The molecule has 3 nitrogen and oxygen atoms in total. The first kappa shape index (κ1) is 50.4. The Balaban J connectivity index is 1.53. The van der Waals surface area contributed by atoms with Crippen molar-refractivity contribution in [3.63, 3.8) is 0 Å². The number of rotatable bonds is 21. The third-order valence-electron chi connectivity index (χ3n) is 13.3. The molecule has 0 atom stereocenters. The van der Waals surface area contributed by atoms with Crippen LogP contribution in [0.5, 0.6) is 5.75 Å². The van der Waals surface area contributed by atoms with Crippen LogP contribution in [0.15, 0.2) is 63.5 Å². The maximum atomic E-state index is 7.09. The van der Waals surface area contributed by atoms with Gasteiger partial charge in [-0.3, -0.25) is 0 Å². The Bertz CT molecular complexity index is 1690. The molecule has 0 aromatic heterocycles. The largest absolute Gasteiger partial charge is 0.491 e. The van der Waals surface area contributed by atoms with E-state index in [1.165, 1.54) is 84.7 Å². The van der Waals surface area contributed by atoms with Crippen molar-refractivity contribution in [2.45, 2.75) is 201 Å². The Morgan fingerprint density at radius 1 is 0.610 bits per heavy atom. The Morgan fingerprint density at radius 2 is 1.15 bits per heavy atom. The van der Waals surface area contributed by atoms with E-state index in [-0.39, 0.29) is 26.7 Å². The lowest BCUT2D eigenvalue weighted by Gasteiger charge is -2.57. The SMILES string of the molecule is CCCCCC1CCC(c2ccc(-c3ccc(-c4cc(Br)c(OCCC(CCCC)(C(C)(C)O[SiH2]C(C)(C)C)C(C)(C)O[SiH2]C(C)(C)C)c(Br)c4)cc3CC)cc2)CC1. The van der Waals surface area contributed by atoms with Gasteiger partial charge in [0.05, 0.1) is 26.8 Å². The highest BCUT2D eigenvalue weighted by Gasteiger charge is 2.56. The standard InChI is InChI=1S/C52H82Br2O3Si2/c1-14-17-19-20-37-21-23-39(24-22-37)40-25-27-41(28-26-40)44-30-29-42(34-38(44)16-3)43-35-45(53)47(46(54)36-43)55-33-32-52(31-18-15-2,50(10,11)56-58-48(4,5)6)51(12,13)57-59-49(7,8)9/h25-30,34-37,39H,14-24,31-33,58-59H2,1-13H3. The van der Waals surface area contributed by atoms with Gasteiger partial charge >= 0.3 is 0 Å². The van der Waals surface area contributed by atoms with Crippen LogP contribution in [0.25, 0.3) is 22.3 Å². The molecule has 7 heteroatoms. The lowest BCUT2D eigenvalue weighted by molar-refractivity contribution is -0.158. The van der Waals surface area contributed by atoms with Crippen LogP contribution in [0.3, 0.4) is 0 Å². The van der Waals surface area contributed by atoms with Crippen LogP contribution in [0.4, 0.5) is 0 Å². The molecule has 0 unspecified atom stereocenters. The van der Waals surface area contributed by atoms with Crippen molar-refractivity contribution in [1.82, 2.24) is 0 Å². The summed E-state index contributed by atoms with van der Waals surface area (Å²) >= 11 is 7.88. The van der Waals surface area contributed by atoms with Gasteiger partial charge in [0, 0.05) is 5.41 Å². The summed E-state index contributed by atoms with van der Waals surface area (Å²) in [6.45, 7) is 30.7. The second kappa shape index (κ2) is 21.9. The molecule has 3 aromatic rings. The highest BCUT2D eigenvalue weighted by atomic mass is 79.9. The number of aryl methyl sites for hydroxylation is 1. The summed E-state index contributed by atoms with van der Waals surface area (Å²) in [4.78, 5) is 0. The van der Waals surface area contributed by atoms with E-state index < -0.39 is 19.5 Å². The monoisotopic (exact) mass is 968 g/mol. The molecule has 0 aliphatic heterocycles. The first-order chi connectivity index (χ1) is 27.7. The van der Waals surface area contributed by atoms with Crippen LogP contribution in [0.2, 0.25) is 10.1 Å². The summed E-state index contributed by atoms with van der Waals surface area (Å²) in [6.07, 6.45) is 16.2. The van der Waals surface area contributed by atoms with E-state index in [2.05, 4.69) is 176 Å². The zero-order chi connectivity index (χ0) is 43.6. The van der Waals surface area contributed by atoms with Gasteiger partial charge in [0.2, 0.25) is 0 Å². The van der Waals surface area contributed by atoms with E-state index in [1.807, 2.05) is 0 Å². The fourth-order valence-electron chi connectivity index (χ4n) is 9.54. The van der Waals surface area contributed by atoms with Gasteiger partial charge in [0.1, 0.15) is 5.75 Å². The Labute approximate surface area is 383 Å². The number of ether oxygens (including phenoxy) is 1. The fourth-order valence-corrected chi connectivity index (χ4v) is 13.1. The quantitative estimate of drug-likeness (QED) is 0.0786. The van der Waals surface area contributed by atoms with Gasteiger partial charge in [-0.05, 0) is 172 Å². The molecular weight excluding hydrogens is 889 g/mol. The smallest absolute Gasteiger partial charge is 0.167 e. The van der Waals surface area contributed by atoms with Crippen molar-refractivity contribution in [3.8, 4) is 28.0 Å². The summed E-state index contributed by atoms with van der Waals surface area (Å²) in [5, 5.41) is 0.395. The van der Waals surface area contributed by atoms with E-state index in [9.17, 15) is 0 Å². The van der Waals surface area contributed by atoms with Crippen molar-refractivity contribution in [3.05, 3.63) is 74.7 Å². The molecule has 0 spiro atoms. The predicted octanol–water partition coefficient (Wildman–Crippen LogP) is 16.1. The topological polar surface area (TPSA) is 27.7 Å². The summed E-state index contributed by atoms with van der Waals surface area (Å²) in [7, 11) is -1.61. The second-order valence-corrected chi connectivity index (χ2v) is 28.4. The number of hydrogen-bond acceptors (Lipinski definition) is 3. The molecule has 1 saturated carbocycles. The molecule has 0 heterocycles. The van der Waals surface area contributed by atoms with Gasteiger partial charge in [-0.1, -0.05) is 143 Å². The molecule has 3 aromatic carbocycles. The first-order valence-corrected chi connectivity index (χ1v) is 27.4. The van der Waals surface area contributed by atoms with Crippen LogP contribution in [-0.2, 0) is 15.3 Å². The van der Waals surface area contributed by atoms with Gasteiger partial charge < -0.3 is 13.6 Å². The van der Waals surface area contributed by atoms with E-state index in [1.54, 1.807) is 0 Å². The van der Waals surface area contributed by atoms with Crippen LogP contribution >= 0.6 is 31.9 Å². The Hall–Kier alpha value is -1.23. The summed E-state index contributed by atoms with van der Waals surface area (Å²) in [5.74, 6) is 2.51. The molecule has 0 amide bonds. The molecule has 0 N–H and O–H groups in total. The molecule has 0 radical (unpaired) electrons. The first-order valence-electron chi connectivity index (χ1n) is 23.3. The zero-order valence-electron chi connectivity index (χ0n) is 39.6. The third-order valence-corrected chi connectivity index (χ3v) is 18.0. The fraction of sp³-hybridized carbons (Fsp3) is 0.654. The minimum Gasteiger partial charge on any atom is -0.491 e. The highest BCUT2D eigenvalue weighted by Crippen LogP contribution is 2.53. The average Bonchev–Trinajstić information content (AvgIpc) is 3.18. The van der Waals surface area contributed by atoms with Crippen LogP contribution in [-0.4, -0.2) is 37.3 Å². The molecule has 1 aliphatic rings. The van der Waals surface area contributed by atoms with Crippen molar-refractivity contribution >= 4 is 51.4 Å². The number of benzene rings is 3. The maximum Gasteiger partial charge on any atom is 0.167 e.